The van der Waals surface area contributed by atoms with Crippen molar-refractivity contribution in [1.29, 1.82) is 0 Å². The minimum Gasteiger partial charge on any atom is -0.394 e. The summed E-state index contributed by atoms with van der Waals surface area (Å²) in [5, 5.41) is 76.3. The van der Waals surface area contributed by atoms with Crippen molar-refractivity contribution in [2.24, 2.45) is 0 Å². The lowest BCUT2D eigenvalue weighted by Crippen LogP contribution is -2.60. The molecular weight excluding hydrogens is 320 g/mol. The van der Waals surface area contributed by atoms with Crippen LogP contribution in [-0.4, -0.2) is 115 Å². The van der Waals surface area contributed by atoms with Gasteiger partial charge in [0.2, 0.25) is 0 Å². The van der Waals surface area contributed by atoms with Crippen molar-refractivity contribution in [2.75, 3.05) is 13.2 Å². The highest BCUT2D eigenvalue weighted by atomic mass is 16.7. The Morgan fingerprint density at radius 2 is 1.52 bits per heavy atom. The molecule has 136 valence electrons. The first kappa shape index (κ1) is 18.9. The lowest BCUT2D eigenvalue weighted by molar-refractivity contribution is -0.324. The molecule has 0 amide bonds. The van der Waals surface area contributed by atoms with Gasteiger partial charge in [0.1, 0.15) is 48.8 Å². The minimum atomic E-state index is -1.71. The minimum absolute atomic E-state index is 0.664. The second-order valence-electron chi connectivity index (χ2n) is 5.53. The summed E-state index contributed by atoms with van der Waals surface area (Å²) in [5.74, 6) is 0. The van der Waals surface area contributed by atoms with Gasteiger partial charge in [0.25, 0.3) is 0 Å². The second kappa shape index (κ2) is 7.63. The van der Waals surface area contributed by atoms with Crippen molar-refractivity contribution >= 4 is 0 Å². The number of hydrogen-bond acceptors (Lipinski definition) is 11. The van der Waals surface area contributed by atoms with Gasteiger partial charge < -0.3 is 55.1 Å². The zero-order valence-corrected chi connectivity index (χ0v) is 12.0. The zero-order valence-electron chi connectivity index (χ0n) is 12.0. The van der Waals surface area contributed by atoms with Gasteiger partial charge in [-0.2, -0.15) is 0 Å². The zero-order chi connectivity index (χ0) is 17.3. The van der Waals surface area contributed by atoms with Gasteiger partial charge in [0.05, 0.1) is 13.2 Å². The molecule has 0 aromatic carbocycles. The van der Waals surface area contributed by atoms with Crippen LogP contribution in [0.4, 0.5) is 0 Å². The van der Waals surface area contributed by atoms with Crippen LogP contribution in [0.1, 0.15) is 0 Å². The molecule has 11 nitrogen and oxygen atoms in total. The molecule has 0 saturated carbocycles. The summed E-state index contributed by atoms with van der Waals surface area (Å²) < 4.78 is 15.2. The molecule has 2 aliphatic rings. The maximum absolute atomic E-state index is 10.00. The van der Waals surface area contributed by atoms with E-state index in [4.69, 9.17) is 24.4 Å². The van der Waals surface area contributed by atoms with E-state index in [-0.39, 0.29) is 0 Å². The maximum atomic E-state index is 10.00. The first-order valence-electron chi connectivity index (χ1n) is 7.08. The molecule has 2 heterocycles. The van der Waals surface area contributed by atoms with Gasteiger partial charge in [-0.1, -0.05) is 0 Å². The highest BCUT2D eigenvalue weighted by molar-refractivity contribution is 4.94. The molecule has 2 aliphatic heterocycles. The second-order valence-corrected chi connectivity index (χ2v) is 5.53. The summed E-state index contributed by atoms with van der Waals surface area (Å²) >= 11 is 0. The fourth-order valence-electron chi connectivity index (χ4n) is 2.58. The van der Waals surface area contributed by atoms with Gasteiger partial charge >= 0.3 is 0 Å². The Morgan fingerprint density at radius 3 is 2.09 bits per heavy atom. The van der Waals surface area contributed by atoms with E-state index in [0.29, 0.717) is 0 Å². The third kappa shape index (κ3) is 3.65. The van der Waals surface area contributed by atoms with Crippen LogP contribution in [-0.2, 0) is 14.2 Å². The van der Waals surface area contributed by atoms with Crippen LogP contribution >= 0.6 is 0 Å². The van der Waals surface area contributed by atoms with Crippen LogP contribution in [0, 0.1) is 0 Å². The summed E-state index contributed by atoms with van der Waals surface area (Å²) in [6.07, 6.45) is -15.3. The Morgan fingerprint density at radius 1 is 0.870 bits per heavy atom. The fourth-order valence-corrected chi connectivity index (χ4v) is 2.58. The highest BCUT2D eigenvalue weighted by Gasteiger charge is 2.51. The molecule has 8 N–H and O–H groups in total. The summed E-state index contributed by atoms with van der Waals surface area (Å²) in [4.78, 5) is 0. The van der Waals surface area contributed by atoms with Crippen LogP contribution in [0.15, 0.2) is 0 Å². The Kier molecular flexibility index (Phi) is 6.27. The number of ether oxygens (including phenoxy) is 3. The molecule has 0 aliphatic carbocycles. The van der Waals surface area contributed by atoms with Gasteiger partial charge in [-0.3, -0.25) is 0 Å². The van der Waals surface area contributed by atoms with Crippen LogP contribution < -0.4 is 0 Å². The molecule has 0 aromatic heterocycles. The quantitative estimate of drug-likeness (QED) is 0.238. The molecule has 10 atom stereocenters. The van der Waals surface area contributed by atoms with E-state index in [1.54, 1.807) is 0 Å². The molecule has 0 aromatic rings. The molecular formula is C12H22O11. The molecule has 0 spiro atoms. The molecule has 2 saturated heterocycles. The van der Waals surface area contributed by atoms with Crippen LogP contribution in [0.2, 0.25) is 0 Å². The van der Waals surface area contributed by atoms with Gasteiger partial charge in [0, 0.05) is 0 Å². The third-order valence-corrected chi connectivity index (χ3v) is 3.96. The van der Waals surface area contributed by atoms with Crippen molar-refractivity contribution in [3.05, 3.63) is 0 Å². The van der Waals surface area contributed by atoms with E-state index >= 15 is 0 Å². The largest absolute Gasteiger partial charge is 0.394 e. The van der Waals surface area contributed by atoms with Crippen LogP contribution in [0.25, 0.3) is 0 Å². The Bertz CT molecular complexity index is 380. The van der Waals surface area contributed by atoms with Gasteiger partial charge in [-0.25, -0.2) is 0 Å². The number of aliphatic hydroxyl groups is 8. The van der Waals surface area contributed by atoms with Gasteiger partial charge in [-0.05, 0) is 0 Å². The van der Waals surface area contributed by atoms with Gasteiger partial charge in [-0.15, -0.1) is 0 Å². The van der Waals surface area contributed by atoms with Gasteiger partial charge in [0.15, 0.2) is 12.6 Å². The first-order chi connectivity index (χ1) is 10.8. The highest BCUT2D eigenvalue weighted by Crippen LogP contribution is 2.29. The fraction of sp³-hybridized carbons (Fsp3) is 1.00. The van der Waals surface area contributed by atoms with Crippen molar-refractivity contribution in [3.63, 3.8) is 0 Å². The van der Waals surface area contributed by atoms with Crippen LogP contribution in [0.3, 0.4) is 0 Å². The third-order valence-electron chi connectivity index (χ3n) is 3.96. The molecule has 0 unspecified atom stereocenters. The molecule has 2 fully saturated rings. The standard InChI is InChI=1S/C12H22O11/c13-1-3(15)9-8(19)10(11(20)22-9)23-12-7(18)6(17)5(16)4(2-14)21-12/h3-20H,1-2H2/t3-,4-,5-,6+,7-,8+,9+,10-,11-,12+/m1/s1. The number of hydrogen-bond donors (Lipinski definition) is 8. The smallest absolute Gasteiger partial charge is 0.187 e. The predicted octanol–water partition coefficient (Wildman–Crippen LogP) is -5.40. The van der Waals surface area contributed by atoms with E-state index in [2.05, 4.69) is 0 Å². The van der Waals surface area contributed by atoms with Crippen molar-refractivity contribution in [2.45, 2.75) is 61.4 Å². The van der Waals surface area contributed by atoms with E-state index in [0.717, 1.165) is 0 Å². The summed E-state index contributed by atoms with van der Waals surface area (Å²) in [6, 6.07) is 0. The van der Waals surface area contributed by atoms with Crippen molar-refractivity contribution < 1.29 is 55.1 Å². The first-order valence-corrected chi connectivity index (χ1v) is 7.08. The molecule has 2 rings (SSSR count). The SMILES string of the molecule is OC[C@@H](O)[C@@H]1O[C@@H](O)[C@H](O[C@@H]2O[C@H](CO)[C@@H](O)[C@H](O)[C@H]2O)[C@H]1O. The van der Waals surface area contributed by atoms with E-state index in [9.17, 15) is 30.6 Å². The average molecular weight is 342 g/mol. The Hall–Kier alpha value is -0.440. The molecule has 23 heavy (non-hydrogen) atoms. The van der Waals surface area contributed by atoms with Crippen molar-refractivity contribution in [3.8, 4) is 0 Å². The normalized spacial score (nSPS) is 49.3. The molecule has 0 bridgehead atoms. The van der Waals surface area contributed by atoms with Crippen LogP contribution in [0.5, 0.6) is 0 Å². The molecule has 11 heteroatoms. The lowest BCUT2D eigenvalue weighted by atomic mass is 9.99. The predicted molar refractivity (Wildman–Crippen MR) is 68.6 cm³/mol. The Balaban J connectivity index is 2.05. The summed E-state index contributed by atoms with van der Waals surface area (Å²) in [7, 11) is 0. The summed E-state index contributed by atoms with van der Waals surface area (Å²) in [5.41, 5.74) is 0. The van der Waals surface area contributed by atoms with E-state index < -0.39 is 74.6 Å². The van der Waals surface area contributed by atoms with E-state index in [1.165, 1.54) is 0 Å². The Labute approximate surface area is 130 Å². The number of rotatable bonds is 5. The topological polar surface area (TPSA) is 190 Å². The lowest BCUT2D eigenvalue weighted by Gasteiger charge is -2.40. The average Bonchev–Trinajstić information content (AvgIpc) is 2.82. The maximum Gasteiger partial charge on any atom is 0.187 e. The monoisotopic (exact) mass is 342 g/mol. The molecule has 0 radical (unpaired) electrons. The number of aliphatic hydroxyl groups excluding tert-OH is 8. The van der Waals surface area contributed by atoms with E-state index in [1.807, 2.05) is 0 Å². The summed E-state index contributed by atoms with van der Waals surface area (Å²) in [6.45, 7) is -1.38. The van der Waals surface area contributed by atoms with Crippen molar-refractivity contribution in [1.82, 2.24) is 0 Å².